The first-order valence-corrected chi connectivity index (χ1v) is 6.24. The number of rotatable bonds is 5. The van der Waals surface area contributed by atoms with Crippen molar-refractivity contribution in [3.05, 3.63) is 47.1 Å². The van der Waals surface area contributed by atoms with Gasteiger partial charge in [-0.2, -0.15) is 5.10 Å². The highest BCUT2D eigenvalue weighted by Crippen LogP contribution is 2.26. The molecule has 1 aromatic carbocycles. The molecule has 5 nitrogen and oxygen atoms in total. The van der Waals surface area contributed by atoms with Gasteiger partial charge in [0, 0.05) is 0 Å². The van der Waals surface area contributed by atoms with Gasteiger partial charge in [0.15, 0.2) is 11.5 Å². The minimum atomic E-state index is 0.413. The molecule has 0 aliphatic rings. The van der Waals surface area contributed by atoms with Gasteiger partial charge in [-0.25, -0.2) is 4.98 Å². The number of anilines is 1. The average molecular weight is 292 g/mol. The Morgan fingerprint density at radius 2 is 1.95 bits per heavy atom. The number of hydrogen-bond donors (Lipinski definition) is 1. The zero-order chi connectivity index (χ0) is 14.4. The van der Waals surface area contributed by atoms with Crippen LogP contribution in [0.15, 0.2) is 41.5 Å². The van der Waals surface area contributed by atoms with Gasteiger partial charge < -0.3 is 9.47 Å². The van der Waals surface area contributed by atoms with Crippen LogP contribution in [0.1, 0.15) is 5.56 Å². The molecule has 0 atom stereocenters. The van der Waals surface area contributed by atoms with Crippen LogP contribution in [0.4, 0.5) is 5.82 Å². The van der Waals surface area contributed by atoms with Gasteiger partial charge in [0.1, 0.15) is 11.0 Å². The molecule has 0 saturated carbocycles. The largest absolute Gasteiger partial charge is 0.493 e. The molecule has 0 bridgehead atoms. The SMILES string of the molecule is COc1ccc(/C=N\Nc2cccc(Cl)n2)cc1OC. The first kappa shape index (κ1) is 14.1. The number of benzene rings is 1. The highest BCUT2D eigenvalue weighted by Gasteiger charge is 2.02. The van der Waals surface area contributed by atoms with Crippen LogP contribution >= 0.6 is 11.6 Å². The maximum Gasteiger partial charge on any atom is 0.161 e. The van der Waals surface area contributed by atoms with Crippen LogP contribution in [-0.2, 0) is 0 Å². The molecule has 1 aromatic heterocycles. The molecule has 0 unspecified atom stereocenters. The lowest BCUT2D eigenvalue weighted by Crippen LogP contribution is -1.95. The number of halogens is 1. The molecular formula is C14H14ClN3O2. The van der Waals surface area contributed by atoms with E-state index in [-0.39, 0.29) is 0 Å². The molecule has 0 aliphatic carbocycles. The monoisotopic (exact) mass is 291 g/mol. The predicted molar refractivity (Wildman–Crippen MR) is 80.0 cm³/mol. The van der Waals surface area contributed by atoms with Crippen molar-refractivity contribution < 1.29 is 9.47 Å². The summed E-state index contributed by atoms with van der Waals surface area (Å²) in [5.74, 6) is 1.90. The molecule has 20 heavy (non-hydrogen) atoms. The summed E-state index contributed by atoms with van der Waals surface area (Å²) in [7, 11) is 3.19. The lowest BCUT2D eigenvalue weighted by atomic mass is 10.2. The van der Waals surface area contributed by atoms with Crippen LogP contribution in [0, 0.1) is 0 Å². The van der Waals surface area contributed by atoms with Crippen molar-refractivity contribution in [2.75, 3.05) is 19.6 Å². The summed E-state index contributed by atoms with van der Waals surface area (Å²) in [4.78, 5) is 4.06. The highest BCUT2D eigenvalue weighted by molar-refractivity contribution is 6.29. The fraction of sp³-hybridized carbons (Fsp3) is 0.143. The number of pyridine rings is 1. The second kappa shape index (κ2) is 6.77. The van der Waals surface area contributed by atoms with Gasteiger partial charge in [0.25, 0.3) is 0 Å². The zero-order valence-corrected chi connectivity index (χ0v) is 11.9. The molecule has 0 spiro atoms. The maximum absolute atomic E-state index is 5.78. The molecule has 1 N–H and O–H groups in total. The van der Waals surface area contributed by atoms with Gasteiger partial charge >= 0.3 is 0 Å². The van der Waals surface area contributed by atoms with E-state index in [0.29, 0.717) is 22.5 Å². The highest BCUT2D eigenvalue weighted by atomic mass is 35.5. The van der Waals surface area contributed by atoms with Crippen molar-refractivity contribution in [1.82, 2.24) is 4.98 Å². The molecule has 0 radical (unpaired) electrons. The number of nitrogens with zero attached hydrogens (tertiary/aromatic N) is 2. The van der Waals surface area contributed by atoms with E-state index in [4.69, 9.17) is 21.1 Å². The Hall–Kier alpha value is -2.27. The van der Waals surface area contributed by atoms with Gasteiger partial charge in [-0.05, 0) is 35.9 Å². The van der Waals surface area contributed by atoms with E-state index in [1.807, 2.05) is 18.2 Å². The molecular weight excluding hydrogens is 278 g/mol. The van der Waals surface area contributed by atoms with E-state index >= 15 is 0 Å². The fourth-order valence-corrected chi connectivity index (χ4v) is 1.74. The third-order valence-corrected chi connectivity index (χ3v) is 2.73. The summed E-state index contributed by atoms with van der Waals surface area (Å²) in [5.41, 5.74) is 3.67. The molecule has 1 heterocycles. The minimum Gasteiger partial charge on any atom is -0.493 e. The van der Waals surface area contributed by atoms with E-state index in [2.05, 4.69) is 15.5 Å². The minimum absolute atomic E-state index is 0.413. The smallest absolute Gasteiger partial charge is 0.161 e. The van der Waals surface area contributed by atoms with Crippen LogP contribution in [0.25, 0.3) is 0 Å². The zero-order valence-electron chi connectivity index (χ0n) is 11.1. The van der Waals surface area contributed by atoms with Crippen molar-refractivity contribution in [2.45, 2.75) is 0 Å². The fourth-order valence-electron chi connectivity index (χ4n) is 1.58. The Labute approximate surface area is 122 Å². The summed E-state index contributed by atoms with van der Waals surface area (Å²) in [5, 5.41) is 4.50. The van der Waals surface area contributed by atoms with E-state index < -0.39 is 0 Å². The Morgan fingerprint density at radius 1 is 1.15 bits per heavy atom. The third kappa shape index (κ3) is 3.61. The van der Waals surface area contributed by atoms with Gasteiger partial charge in [0.2, 0.25) is 0 Å². The van der Waals surface area contributed by atoms with Gasteiger partial charge in [-0.1, -0.05) is 17.7 Å². The first-order chi connectivity index (χ1) is 9.72. The van der Waals surface area contributed by atoms with Crippen molar-refractivity contribution in [3.63, 3.8) is 0 Å². The van der Waals surface area contributed by atoms with Crippen molar-refractivity contribution in [1.29, 1.82) is 0 Å². The van der Waals surface area contributed by atoms with E-state index in [1.54, 1.807) is 38.6 Å². The van der Waals surface area contributed by atoms with Crippen LogP contribution < -0.4 is 14.9 Å². The van der Waals surface area contributed by atoms with Crippen LogP contribution in [-0.4, -0.2) is 25.4 Å². The number of hydrazone groups is 1. The second-order valence-corrected chi connectivity index (χ2v) is 4.22. The summed E-state index contributed by atoms with van der Waals surface area (Å²) >= 11 is 5.78. The lowest BCUT2D eigenvalue weighted by molar-refractivity contribution is 0.355. The number of hydrogen-bond acceptors (Lipinski definition) is 5. The van der Waals surface area contributed by atoms with E-state index in [0.717, 1.165) is 5.56 Å². The van der Waals surface area contributed by atoms with E-state index in [1.165, 1.54) is 0 Å². The summed E-state index contributed by atoms with van der Waals surface area (Å²) in [6.07, 6.45) is 1.66. The standard InChI is InChI=1S/C14H14ClN3O2/c1-19-11-7-6-10(8-12(11)20-2)9-16-18-14-5-3-4-13(15)17-14/h3-9H,1-2H3,(H,17,18)/b16-9-. The van der Waals surface area contributed by atoms with Gasteiger partial charge in [-0.3, -0.25) is 5.43 Å². The molecule has 104 valence electrons. The van der Waals surface area contributed by atoms with Crippen molar-refractivity contribution in [2.24, 2.45) is 5.10 Å². The summed E-state index contributed by atoms with van der Waals surface area (Å²) < 4.78 is 10.4. The molecule has 6 heteroatoms. The molecule has 2 aromatic rings. The first-order valence-electron chi connectivity index (χ1n) is 5.86. The predicted octanol–water partition coefficient (Wildman–Crippen LogP) is 3.20. The number of aromatic nitrogens is 1. The number of nitrogens with one attached hydrogen (secondary N) is 1. The topological polar surface area (TPSA) is 55.7 Å². The second-order valence-electron chi connectivity index (χ2n) is 3.83. The molecule has 2 rings (SSSR count). The summed E-state index contributed by atoms with van der Waals surface area (Å²) in [6, 6.07) is 10.8. The quantitative estimate of drug-likeness (QED) is 0.522. The average Bonchev–Trinajstić information content (AvgIpc) is 2.47. The maximum atomic E-state index is 5.78. The lowest BCUT2D eigenvalue weighted by Gasteiger charge is -2.07. The summed E-state index contributed by atoms with van der Waals surface area (Å²) in [6.45, 7) is 0. The van der Waals surface area contributed by atoms with Crippen LogP contribution in [0.2, 0.25) is 5.15 Å². The Morgan fingerprint density at radius 3 is 2.65 bits per heavy atom. The Balaban J connectivity index is 2.08. The molecule has 0 saturated heterocycles. The molecule has 0 fully saturated rings. The van der Waals surface area contributed by atoms with E-state index in [9.17, 15) is 0 Å². The van der Waals surface area contributed by atoms with Gasteiger partial charge in [0.05, 0.1) is 20.4 Å². The van der Waals surface area contributed by atoms with Crippen molar-refractivity contribution >= 4 is 23.6 Å². The Kier molecular flexibility index (Phi) is 4.79. The van der Waals surface area contributed by atoms with Crippen molar-refractivity contribution in [3.8, 4) is 11.5 Å². The normalized spacial score (nSPS) is 10.6. The molecule has 0 amide bonds. The third-order valence-electron chi connectivity index (χ3n) is 2.52. The van der Waals surface area contributed by atoms with Gasteiger partial charge in [-0.15, -0.1) is 0 Å². The van der Waals surface area contributed by atoms with Crippen LogP contribution in [0.5, 0.6) is 11.5 Å². The number of ether oxygens (including phenoxy) is 2. The van der Waals surface area contributed by atoms with Crippen LogP contribution in [0.3, 0.4) is 0 Å². The molecule has 0 aliphatic heterocycles. The number of methoxy groups -OCH3 is 2. The Bertz CT molecular complexity index is 617.